The molecule has 0 aromatic heterocycles. The molecular formula is C24H35F2NO5S. The Morgan fingerprint density at radius 3 is 2.58 bits per heavy atom. The number of alkyl halides is 2. The van der Waals surface area contributed by atoms with Gasteiger partial charge in [-0.05, 0) is 76.1 Å². The molecule has 0 saturated heterocycles. The van der Waals surface area contributed by atoms with Gasteiger partial charge in [0.1, 0.15) is 10.6 Å². The van der Waals surface area contributed by atoms with Crippen LogP contribution in [0.3, 0.4) is 0 Å². The van der Waals surface area contributed by atoms with E-state index >= 15 is 0 Å². The highest BCUT2D eigenvalue weighted by atomic mass is 32.2. The van der Waals surface area contributed by atoms with Crippen molar-refractivity contribution < 1.29 is 31.8 Å². The topological polar surface area (TPSA) is 92.7 Å². The molecule has 186 valence electrons. The molecule has 9 heteroatoms. The van der Waals surface area contributed by atoms with Crippen molar-refractivity contribution in [3.63, 3.8) is 0 Å². The molecule has 2 aliphatic carbocycles. The quantitative estimate of drug-likeness (QED) is 0.438. The van der Waals surface area contributed by atoms with Crippen molar-refractivity contribution in [2.24, 2.45) is 5.92 Å². The molecule has 33 heavy (non-hydrogen) atoms. The molecule has 0 radical (unpaired) electrons. The Morgan fingerprint density at radius 2 is 1.88 bits per heavy atom. The number of carbonyl (C=O) groups is 1. The van der Waals surface area contributed by atoms with Crippen LogP contribution in [0.15, 0.2) is 23.1 Å². The Hall–Kier alpha value is -1.74. The summed E-state index contributed by atoms with van der Waals surface area (Å²) < 4.78 is 58.8. The molecule has 0 bridgehead atoms. The van der Waals surface area contributed by atoms with Crippen molar-refractivity contribution >= 4 is 15.8 Å². The van der Waals surface area contributed by atoms with Gasteiger partial charge >= 0.3 is 5.97 Å². The molecule has 2 saturated carbocycles. The summed E-state index contributed by atoms with van der Waals surface area (Å²) in [4.78, 5) is 11.6. The zero-order valence-electron chi connectivity index (χ0n) is 19.2. The van der Waals surface area contributed by atoms with Crippen LogP contribution in [0.2, 0.25) is 0 Å². The highest BCUT2D eigenvalue weighted by Crippen LogP contribution is 2.38. The summed E-state index contributed by atoms with van der Waals surface area (Å²) in [6.45, 7) is 2.97. The molecule has 0 spiro atoms. The minimum absolute atomic E-state index is 0.0473. The van der Waals surface area contributed by atoms with E-state index in [1.54, 1.807) is 12.1 Å². The highest BCUT2D eigenvalue weighted by Gasteiger charge is 2.43. The van der Waals surface area contributed by atoms with Crippen LogP contribution < -0.4 is 10.1 Å². The lowest BCUT2D eigenvalue weighted by Crippen LogP contribution is -2.37. The van der Waals surface area contributed by atoms with E-state index in [1.165, 1.54) is 6.07 Å². The lowest BCUT2D eigenvalue weighted by atomic mass is 9.92. The number of benzene rings is 1. The van der Waals surface area contributed by atoms with E-state index in [4.69, 9.17) is 4.74 Å². The summed E-state index contributed by atoms with van der Waals surface area (Å²) in [5.41, 5.74) is 0.868. The van der Waals surface area contributed by atoms with Gasteiger partial charge in [0.25, 0.3) is 0 Å². The van der Waals surface area contributed by atoms with E-state index in [2.05, 4.69) is 5.32 Å². The molecule has 2 N–H and O–H groups in total. The average Bonchev–Trinajstić information content (AvgIpc) is 3.25. The number of hydrogen-bond acceptors (Lipinski definition) is 5. The molecule has 0 heterocycles. The summed E-state index contributed by atoms with van der Waals surface area (Å²) in [5, 5.41) is 11.8. The van der Waals surface area contributed by atoms with E-state index in [-0.39, 0.29) is 29.5 Å². The number of nitrogens with one attached hydrogen (secondary N) is 1. The molecule has 3 rings (SSSR count). The second-order valence-corrected chi connectivity index (χ2v) is 11.5. The fourth-order valence-electron chi connectivity index (χ4n) is 4.84. The van der Waals surface area contributed by atoms with Gasteiger partial charge in [-0.25, -0.2) is 17.2 Å². The largest absolute Gasteiger partial charge is 0.492 e. The third-order valence-electron chi connectivity index (χ3n) is 6.80. The van der Waals surface area contributed by atoms with Gasteiger partial charge in [0, 0.05) is 18.9 Å². The second kappa shape index (κ2) is 11.1. The van der Waals surface area contributed by atoms with Crippen molar-refractivity contribution in [1.29, 1.82) is 0 Å². The van der Waals surface area contributed by atoms with Crippen molar-refractivity contribution in [2.75, 3.05) is 13.2 Å². The predicted molar refractivity (Wildman–Crippen MR) is 122 cm³/mol. The number of halogens is 2. The first kappa shape index (κ1) is 25.9. The molecule has 0 unspecified atom stereocenters. The molecule has 6 nitrogen and oxygen atoms in total. The predicted octanol–water partition coefficient (Wildman–Crippen LogP) is 4.74. The van der Waals surface area contributed by atoms with Crippen LogP contribution >= 0.6 is 0 Å². The number of aryl methyl sites for hydroxylation is 1. The number of hydrogen-bond donors (Lipinski definition) is 2. The zero-order valence-corrected chi connectivity index (χ0v) is 20.0. The lowest BCUT2D eigenvalue weighted by molar-refractivity contribution is -0.141. The van der Waals surface area contributed by atoms with E-state index in [1.807, 2.05) is 6.92 Å². The van der Waals surface area contributed by atoms with Gasteiger partial charge in [-0.15, -0.1) is 0 Å². The summed E-state index contributed by atoms with van der Waals surface area (Å²) in [6.07, 6.45) is 4.71. The Morgan fingerprint density at radius 1 is 1.15 bits per heavy atom. The highest BCUT2D eigenvalue weighted by molar-refractivity contribution is 7.92. The molecule has 2 aliphatic rings. The molecule has 0 aliphatic heterocycles. The number of ether oxygens (including phenoxy) is 1. The van der Waals surface area contributed by atoms with Gasteiger partial charge in [-0.2, -0.15) is 0 Å². The van der Waals surface area contributed by atoms with Crippen molar-refractivity contribution in [3.8, 4) is 5.75 Å². The fourth-order valence-corrected chi connectivity index (χ4v) is 6.99. The van der Waals surface area contributed by atoms with Crippen LogP contribution in [-0.4, -0.2) is 49.9 Å². The lowest BCUT2D eigenvalue weighted by Gasteiger charge is -2.28. The first-order valence-corrected chi connectivity index (χ1v) is 13.5. The normalized spacial score (nSPS) is 23.5. The molecular weight excluding hydrogens is 452 g/mol. The standard InChI is InChI=1S/C24H35F2NO5S/c1-17-8-9-22(33(30,31)21-7-5-6-19(21)23(28)29)20(16-17)32-15-4-2-3-14-27-18-10-12-24(25,26)13-11-18/h8-9,16,18-19,21,27H,2-7,10-15H2,1H3,(H,28,29)/t19-,21-/m0/s1. The SMILES string of the molecule is Cc1ccc(S(=O)(=O)[C@H]2CCC[C@@H]2C(=O)O)c(OCCCCCNC2CCC(F)(F)CC2)c1. The monoisotopic (exact) mass is 487 g/mol. The zero-order chi connectivity index (χ0) is 24.1. The van der Waals surface area contributed by atoms with E-state index in [0.717, 1.165) is 31.4 Å². The maximum Gasteiger partial charge on any atom is 0.307 e. The fraction of sp³-hybridized carbons (Fsp3) is 0.708. The first-order chi connectivity index (χ1) is 15.6. The van der Waals surface area contributed by atoms with Gasteiger partial charge in [-0.3, -0.25) is 4.79 Å². The smallest absolute Gasteiger partial charge is 0.307 e. The minimum atomic E-state index is -3.82. The summed E-state index contributed by atoms with van der Waals surface area (Å²) >= 11 is 0. The summed E-state index contributed by atoms with van der Waals surface area (Å²) in [5.74, 6) is -4.17. The van der Waals surface area contributed by atoms with Crippen molar-refractivity contribution in [1.82, 2.24) is 5.32 Å². The van der Waals surface area contributed by atoms with Crippen LogP contribution in [-0.2, 0) is 14.6 Å². The summed E-state index contributed by atoms with van der Waals surface area (Å²) in [7, 11) is -3.82. The number of aliphatic carboxylic acids is 1. The van der Waals surface area contributed by atoms with Gasteiger partial charge < -0.3 is 15.2 Å². The van der Waals surface area contributed by atoms with Crippen LogP contribution in [0.5, 0.6) is 5.75 Å². The third kappa shape index (κ3) is 6.88. The minimum Gasteiger partial charge on any atom is -0.492 e. The number of carboxylic acid groups (broad SMARTS) is 1. The Bertz CT molecular complexity index is 911. The number of carboxylic acids is 1. The van der Waals surface area contributed by atoms with Crippen molar-refractivity contribution in [3.05, 3.63) is 23.8 Å². The van der Waals surface area contributed by atoms with Gasteiger partial charge in [0.2, 0.25) is 5.92 Å². The maximum atomic E-state index is 13.2. The molecule has 2 fully saturated rings. The van der Waals surface area contributed by atoms with Crippen LogP contribution in [0, 0.1) is 12.8 Å². The number of unbranched alkanes of at least 4 members (excludes halogenated alkanes) is 2. The number of sulfone groups is 1. The van der Waals surface area contributed by atoms with E-state index in [9.17, 15) is 27.1 Å². The van der Waals surface area contributed by atoms with Gasteiger partial charge in [0.15, 0.2) is 9.84 Å². The van der Waals surface area contributed by atoms with E-state index < -0.39 is 32.9 Å². The van der Waals surface area contributed by atoms with Crippen LogP contribution in [0.1, 0.15) is 69.8 Å². The molecule has 1 aromatic rings. The first-order valence-electron chi connectivity index (χ1n) is 11.9. The van der Waals surface area contributed by atoms with Crippen LogP contribution in [0.4, 0.5) is 8.78 Å². The van der Waals surface area contributed by atoms with Crippen LogP contribution in [0.25, 0.3) is 0 Å². The van der Waals surface area contributed by atoms with Crippen molar-refractivity contribution in [2.45, 2.75) is 93.2 Å². The second-order valence-electron chi connectivity index (χ2n) is 9.40. The maximum absolute atomic E-state index is 13.2. The molecule has 2 atom stereocenters. The molecule has 0 amide bonds. The van der Waals surface area contributed by atoms with Gasteiger partial charge in [0.05, 0.1) is 17.8 Å². The molecule has 1 aromatic carbocycles. The summed E-state index contributed by atoms with van der Waals surface area (Å²) in [6, 6.07) is 5.08. The number of rotatable bonds is 11. The Kier molecular flexibility index (Phi) is 8.72. The third-order valence-corrected chi connectivity index (χ3v) is 9.11. The Labute approximate surface area is 195 Å². The van der Waals surface area contributed by atoms with Gasteiger partial charge in [-0.1, -0.05) is 12.5 Å². The van der Waals surface area contributed by atoms with E-state index in [0.29, 0.717) is 38.7 Å². The Balaban J connectivity index is 1.48. The average molecular weight is 488 g/mol.